The van der Waals surface area contributed by atoms with Crippen LogP contribution in [0.3, 0.4) is 0 Å². The SMILES string of the molecule is NC1CCCC1CNS(=O)(=O)c1cccc2ncccc12. The second-order valence-electron chi connectivity index (χ2n) is 5.53. The molecule has 3 N–H and O–H groups in total. The second kappa shape index (κ2) is 5.71. The largest absolute Gasteiger partial charge is 0.327 e. The van der Waals surface area contributed by atoms with Crippen molar-refractivity contribution in [2.75, 3.05) is 6.54 Å². The van der Waals surface area contributed by atoms with Crippen LogP contribution in [0.1, 0.15) is 19.3 Å². The van der Waals surface area contributed by atoms with Gasteiger partial charge in [-0.05, 0) is 43.0 Å². The van der Waals surface area contributed by atoms with Gasteiger partial charge in [0.25, 0.3) is 0 Å². The summed E-state index contributed by atoms with van der Waals surface area (Å²) in [5.74, 6) is 0.230. The van der Waals surface area contributed by atoms with Crippen LogP contribution >= 0.6 is 0 Å². The van der Waals surface area contributed by atoms with E-state index in [1.165, 1.54) is 0 Å². The Kier molecular flexibility index (Phi) is 3.93. The third-order valence-corrected chi connectivity index (χ3v) is 5.63. The minimum absolute atomic E-state index is 0.0990. The molecule has 1 aliphatic carbocycles. The van der Waals surface area contributed by atoms with Crippen molar-refractivity contribution in [3.8, 4) is 0 Å². The fourth-order valence-electron chi connectivity index (χ4n) is 2.92. The molecule has 0 radical (unpaired) electrons. The molecule has 2 aromatic rings. The summed E-state index contributed by atoms with van der Waals surface area (Å²) in [6.45, 7) is 0.403. The zero-order chi connectivity index (χ0) is 14.9. The van der Waals surface area contributed by atoms with Crippen LogP contribution in [0.5, 0.6) is 0 Å². The highest BCUT2D eigenvalue weighted by atomic mass is 32.2. The number of nitrogens with one attached hydrogen (secondary N) is 1. The normalized spacial score (nSPS) is 22.7. The summed E-state index contributed by atoms with van der Waals surface area (Å²) in [6, 6.07) is 8.75. The summed E-state index contributed by atoms with van der Waals surface area (Å²) in [7, 11) is -3.54. The van der Waals surface area contributed by atoms with Crippen molar-refractivity contribution in [2.24, 2.45) is 11.7 Å². The second-order valence-corrected chi connectivity index (χ2v) is 7.27. The Morgan fingerprint density at radius 3 is 2.86 bits per heavy atom. The quantitative estimate of drug-likeness (QED) is 0.899. The number of hydrogen-bond donors (Lipinski definition) is 2. The van der Waals surface area contributed by atoms with Gasteiger partial charge < -0.3 is 5.73 Å². The number of pyridine rings is 1. The molecule has 1 fully saturated rings. The Morgan fingerprint density at radius 1 is 1.24 bits per heavy atom. The number of sulfonamides is 1. The lowest BCUT2D eigenvalue weighted by Gasteiger charge is -2.16. The van der Waals surface area contributed by atoms with Crippen LogP contribution in [-0.2, 0) is 10.0 Å². The minimum Gasteiger partial charge on any atom is -0.327 e. The first-order chi connectivity index (χ1) is 10.1. The molecular formula is C15H19N3O2S. The molecule has 1 saturated carbocycles. The first-order valence-electron chi connectivity index (χ1n) is 7.17. The fraction of sp³-hybridized carbons (Fsp3) is 0.400. The van der Waals surface area contributed by atoms with E-state index in [0.29, 0.717) is 17.4 Å². The van der Waals surface area contributed by atoms with Crippen LogP contribution in [-0.4, -0.2) is 26.0 Å². The average molecular weight is 305 g/mol. The molecule has 2 atom stereocenters. The number of nitrogens with zero attached hydrogens (tertiary/aromatic N) is 1. The third kappa shape index (κ3) is 2.92. The van der Waals surface area contributed by atoms with E-state index in [2.05, 4.69) is 9.71 Å². The van der Waals surface area contributed by atoms with Gasteiger partial charge in [-0.1, -0.05) is 12.5 Å². The number of rotatable bonds is 4. The molecule has 5 nitrogen and oxygen atoms in total. The van der Waals surface area contributed by atoms with Crippen molar-refractivity contribution >= 4 is 20.9 Å². The maximum absolute atomic E-state index is 12.5. The van der Waals surface area contributed by atoms with Gasteiger partial charge >= 0.3 is 0 Å². The monoisotopic (exact) mass is 305 g/mol. The van der Waals surface area contributed by atoms with Gasteiger partial charge in [-0.3, -0.25) is 4.98 Å². The van der Waals surface area contributed by atoms with Gasteiger partial charge in [0, 0.05) is 24.2 Å². The molecule has 1 aromatic carbocycles. The van der Waals surface area contributed by atoms with Gasteiger partial charge in [-0.25, -0.2) is 13.1 Å². The first-order valence-corrected chi connectivity index (χ1v) is 8.65. The van der Waals surface area contributed by atoms with Gasteiger partial charge in [-0.15, -0.1) is 0 Å². The fourth-order valence-corrected chi connectivity index (χ4v) is 4.23. The lowest BCUT2D eigenvalue weighted by molar-refractivity contribution is 0.470. The molecular weight excluding hydrogens is 286 g/mol. The number of fused-ring (bicyclic) bond motifs is 1. The van der Waals surface area contributed by atoms with Gasteiger partial charge in [-0.2, -0.15) is 0 Å². The van der Waals surface area contributed by atoms with E-state index >= 15 is 0 Å². The van der Waals surface area contributed by atoms with Crippen LogP contribution in [0, 0.1) is 5.92 Å². The number of benzene rings is 1. The zero-order valence-electron chi connectivity index (χ0n) is 11.7. The maximum Gasteiger partial charge on any atom is 0.241 e. The summed E-state index contributed by atoms with van der Waals surface area (Å²) in [5, 5.41) is 0.642. The average Bonchev–Trinajstić information content (AvgIpc) is 2.90. The molecule has 0 aliphatic heterocycles. The van der Waals surface area contributed by atoms with E-state index in [0.717, 1.165) is 19.3 Å². The molecule has 112 valence electrons. The summed E-state index contributed by atoms with van der Waals surface area (Å²) < 4.78 is 27.8. The molecule has 0 bridgehead atoms. The van der Waals surface area contributed by atoms with E-state index < -0.39 is 10.0 Å². The molecule has 2 unspecified atom stereocenters. The van der Waals surface area contributed by atoms with E-state index in [9.17, 15) is 8.42 Å². The standard InChI is InChI=1S/C15H19N3O2S/c16-13-6-1-4-11(13)10-18-21(19,20)15-8-2-7-14-12(15)5-3-9-17-14/h2-3,5,7-9,11,13,18H,1,4,6,10,16H2. The number of aromatic nitrogens is 1. The van der Waals surface area contributed by atoms with E-state index in [-0.39, 0.29) is 16.9 Å². The van der Waals surface area contributed by atoms with E-state index in [1.807, 2.05) is 0 Å². The molecule has 1 aromatic heterocycles. The van der Waals surface area contributed by atoms with Gasteiger partial charge in [0.05, 0.1) is 10.4 Å². The molecule has 3 rings (SSSR count). The molecule has 0 saturated heterocycles. The van der Waals surface area contributed by atoms with E-state index in [4.69, 9.17) is 5.73 Å². The van der Waals surface area contributed by atoms with Crippen molar-refractivity contribution in [1.82, 2.24) is 9.71 Å². The highest BCUT2D eigenvalue weighted by Crippen LogP contribution is 2.25. The highest BCUT2D eigenvalue weighted by Gasteiger charge is 2.26. The predicted molar refractivity (Wildman–Crippen MR) is 82.2 cm³/mol. The van der Waals surface area contributed by atoms with Crippen LogP contribution in [0.25, 0.3) is 10.9 Å². The van der Waals surface area contributed by atoms with Crippen molar-refractivity contribution in [1.29, 1.82) is 0 Å². The topological polar surface area (TPSA) is 85.1 Å². The van der Waals surface area contributed by atoms with Gasteiger partial charge in [0.2, 0.25) is 10.0 Å². The van der Waals surface area contributed by atoms with Crippen LogP contribution in [0.15, 0.2) is 41.4 Å². The smallest absolute Gasteiger partial charge is 0.241 e. The molecule has 0 spiro atoms. The molecule has 1 aliphatic rings. The van der Waals surface area contributed by atoms with Crippen molar-refractivity contribution < 1.29 is 8.42 Å². The third-order valence-electron chi connectivity index (χ3n) is 4.15. The van der Waals surface area contributed by atoms with Crippen LogP contribution in [0.4, 0.5) is 0 Å². The minimum atomic E-state index is -3.54. The van der Waals surface area contributed by atoms with Crippen LogP contribution < -0.4 is 10.5 Å². The molecule has 0 amide bonds. The summed E-state index contributed by atoms with van der Waals surface area (Å²) in [5.41, 5.74) is 6.67. The maximum atomic E-state index is 12.5. The highest BCUT2D eigenvalue weighted by molar-refractivity contribution is 7.89. The number of hydrogen-bond acceptors (Lipinski definition) is 4. The van der Waals surface area contributed by atoms with Crippen molar-refractivity contribution in [3.63, 3.8) is 0 Å². The summed E-state index contributed by atoms with van der Waals surface area (Å²) in [6.07, 6.45) is 4.70. The summed E-state index contributed by atoms with van der Waals surface area (Å²) in [4.78, 5) is 4.47. The van der Waals surface area contributed by atoms with E-state index in [1.54, 1.807) is 36.5 Å². The summed E-state index contributed by atoms with van der Waals surface area (Å²) >= 11 is 0. The zero-order valence-corrected chi connectivity index (χ0v) is 12.5. The predicted octanol–water partition coefficient (Wildman–Crippen LogP) is 1.64. The Bertz CT molecular complexity index is 740. The lowest BCUT2D eigenvalue weighted by Crippen LogP contribution is -2.36. The molecule has 1 heterocycles. The molecule has 6 heteroatoms. The van der Waals surface area contributed by atoms with Crippen LogP contribution in [0.2, 0.25) is 0 Å². The van der Waals surface area contributed by atoms with Crippen molar-refractivity contribution in [2.45, 2.75) is 30.2 Å². The first kappa shape index (κ1) is 14.4. The van der Waals surface area contributed by atoms with Crippen molar-refractivity contribution in [3.05, 3.63) is 36.5 Å². The Hall–Kier alpha value is -1.50. The Balaban J connectivity index is 1.86. The van der Waals surface area contributed by atoms with Gasteiger partial charge in [0.1, 0.15) is 0 Å². The lowest BCUT2D eigenvalue weighted by atomic mass is 10.1. The molecule has 21 heavy (non-hydrogen) atoms. The van der Waals surface area contributed by atoms with Gasteiger partial charge in [0.15, 0.2) is 0 Å². The Labute approximate surface area is 124 Å². The number of nitrogens with two attached hydrogens (primary N) is 1. The Morgan fingerprint density at radius 2 is 2.10 bits per heavy atom.